The minimum atomic E-state index is 0.558. The Balaban J connectivity index is 2.67. The third-order valence-corrected chi connectivity index (χ3v) is 1.45. The van der Waals surface area contributed by atoms with Crippen molar-refractivity contribution in [3.05, 3.63) is 18.6 Å². The molecule has 2 aromatic rings. The number of anilines is 1. The van der Waals surface area contributed by atoms with Gasteiger partial charge in [0.15, 0.2) is 5.65 Å². The van der Waals surface area contributed by atoms with Crippen LogP contribution in [0.5, 0.6) is 0 Å². The largest absolute Gasteiger partial charge is 0.357 e. The van der Waals surface area contributed by atoms with E-state index in [1.54, 1.807) is 25.6 Å². The highest BCUT2D eigenvalue weighted by Crippen LogP contribution is 2.04. The number of nitrogens with zero attached hydrogens (tertiary/aromatic N) is 4. The van der Waals surface area contributed by atoms with E-state index in [0.29, 0.717) is 17.1 Å². The molecule has 0 unspecified atom stereocenters. The molecule has 2 aromatic heterocycles. The molecule has 0 aliphatic carbocycles. The van der Waals surface area contributed by atoms with Gasteiger partial charge in [-0.05, 0) is 0 Å². The van der Waals surface area contributed by atoms with Gasteiger partial charge in [0.1, 0.15) is 5.52 Å². The zero-order chi connectivity index (χ0) is 8.39. The van der Waals surface area contributed by atoms with E-state index in [0.717, 1.165) is 0 Å². The van der Waals surface area contributed by atoms with Gasteiger partial charge in [0.25, 0.3) is 0 Å². The van der Waals surface area contributed by atoms with Gasteiger partial charge in [-0.1, -0.05) is 0 Å². The van der Waals surface area contributed by atoms with Gasteiger partial charge in [0.05, 0.1) is 6.20 Å². The lowest BCUT2D eigenvalue weighted by atomic mass is 10.5. The van der Waals surface area contributed by atoms with Crippen molar-refractivity contribution in [1.29, 1.82) is 0 Å². The third-order valence-electron chi connectivity index (χ3n) is 1.45. The van der Waals surface area contributed by atoms with Gasteiger partial charge >= 0.3 is 0 Å². The maximum Gasteiger partial charge on any atom is 0.224 e. The molecule has 0 spiro atoms. The molecule has 0 fully saturated rings. The predicted octanol–water partition coefficient (Wildman–Crippen LogP) is 0.461. The molecule has 0 saturated heterocycles. The van der Waals surface area contributed by atoms with Crippen molar-refractivity contribution in [2.75, 3.05) is 12.4 Å². The van der Waals surface area contributed by atoms with E-state index in [1.807, 2.05) is 0 Å². The van der Waals surface area contributed by atoms with Crippen molar-refractivity contribution in [3.8, 4) is 0 Å². The third kappa shape index (κ3) is 1.05. The molecule has 0 bridgehead atoms. The molecule has 0 atom stereocenters. The summed E-state index contributed by atoms with van der Waals surface area (Å²) in [6.07, 6.45) is 4.86. The van der Waals surface area contributed by atoms with Crippen LogP contribution in [0.25, 0.3) is 11.2 Å². The summed E-state index contributed by atoms with van der Waals surface area (Å²) in [6, 6.07) is 0. The summed E-state index contributed by atoms with van der Waals surface area (Å²) >= 11 is 0. The molecule has 12 heavy (non-hydrogen) atoms. The van der Waals surface area contributed by atoms with E-state index in [1.165, 1.54) is 0 Å². The van der Waals surface area contributed by atoms with Crippen LogP contribution >= 0.6 is 0 Å². The van der Waals surface area contributed by atoms with Crippen molar-refractivity contribution in [3.63, 3.8) is 0 Å². The Hall–Kier alpha value is -1.78. The number of nitrogens with one attached hydrogen (secondary N) is 1. The maximum atomic E-state index is 4.10. The molecule has 0 aliphatic rings. The average Bonchev–Trinajstić information content (AvgIpc) is 2.17. The smallest absolute Gasteiger partial charge is 0.224 e. The van der Waals surface area contributed by atoms with Crippen LogP contribution in [0.3, 0.4) is 0 Å². The second-order valence-electron chi connectivity index (χ2n) is 2.21. The fourth-order valence-electron chi connectivity index (χ4n) is 0.891. The lowest BCUT2D eigenvalue weighted by Gasteiger charge is -1.97. The van der Waals surface area contributed by atoms with E-state index in [9.17, 15) is 0 Å². The molecule has 2 heterocycles. The fraction of sp³-hybridized carbons (Fsp3) is 0.143. The quantitative estimate of drug-likeness (QED) is 0.658. The van der Waals surface area contributed by atoms with Gasteiger partial charge in [0, 0.05) is 19.4 Å². The highest BCUT2D eigenvalue weighted by molar-refractivity contribution is 5.68. The van der Waals surface area contributed by atoms with Crippen LogP contribution in [0.2, 0.25) is 0 Å². The molecular weight excluding hydrogens is 154 g/mol. The zero-order valence-corrected chi connectivity index (χ0v) is 6.52. The summed E-state index contributed by atoms with van der Waals surface area (Å²) in [4.78, 5) is 16.2. The monoisotopic (exact) mass is 161 g/mol. The summed E-state index contributed by atoms with van der Waals surface area (Å²) in [5.74, 6) is 0.558. The molecule has 1 N–H and O–H groups in total. The summed E-state index contributed by atoms with van der Waals surface area (Å²) in [5.41, 5.74) is 1.31. The first kappa shape index (κ1) is 6.90. The van der Waals surface area contributed by atoms with Crippen LogP contribution < -0.4 is 5.32 Å². The molecule has 0 saturated carbocycles. The first-order valence-electron chi connectivity index (χ1n) is 3.51. The highest BCUT2D eigenvalue weighted by Gasteiger charge is 1.97. The topological polar surface area (TPSA) is 63.6 Å². The zero-order valence-electron chi connectivity index (χ0n) is 6.52. The standard InChI is InChI=1S/C7H7N5/c1-8-7-11-4-5-6(12-7)10-3-2-9-5/h2-4H,1H3,(H,8,10,11,12). The summed E-state index contributed by atoms with van der Waals surface area (Å²) < 4.78 is 0. The van der Waals surface area contributed by atoms with Crippen LogP contribution in [0.15, 0.2) is 18.6 Å². The Morgan fingerprint density at radius 3 is 2.83 bits per heavy atom. The summed E-state index contributed by atoms with van der Waals surface area (Å²) in [7, 11) is 1.76. The average molecular weight is 161 g/mol. The lowest BCUT2D eigenvalue weighted by molar-refractivity contribution is 1.14. The van der Waals surface area contributed by atoms with E-state index >= 15 is 0 Å². The Bertz CT molecular complexity index is 400. The molecular formula is C7H7N5. The molecule has 0 radical (unpaired) electrons. The Labute approximate surface area is 68.9 Å². The van der Waals surface area contributed by atoms with Gasteiger partial charge in [0.2, 0.25) is 5.95 Å². The summed E-state index contributed by atoms with van der Waals surface area (Å²) in [5, 5.41) is 2.83. The van der Waals surface area contributed by atoms with Gasteiger partial charge in [-0.15, -0.1) is 0 Å². The SMILES string of the molecule is CNc1ncc2nccnc2n1. The van der Waals surface area contributed by atoms with E-state index in [2.05, 4.69) is 25.3 Å². The predicted molar refractivity (Wildman–Crippen MR) is 44.7 cm³/mol. The molecule has 60 valence electrons. The normalized spacial score (nSPS) is 10.1. The Morgan fingerprint density at radius 2 is 2.00 bits per heavy atom. The maximum absolute atomic E-state index is 4.10. The first-order chi connectivity index (χ1) is 5.90. The number of fused-ring (bicyclic) bond motifs is 1. The van der Waals surface area contributed by atoms with E-state index < -0.39 is 0 Å². The second kappa shape index (κ2) is 2.69. The van der Waals surface area contributed by atoms with Crippen molar-refractivity contribution >= 4 is 17.1 Å². The fourth-order valence-corrected chi connectivity index (χ4v) is 0.891. The van der Waals surface area contributed by atoms with E-state index in [-0.39, 0.29) is 0 Å². The molecule has 2 rings (SSSR count). The number of aromatic nitrogens is 4. The van der Waals surface area contributed by atoms with Crippen LogP contribution in [0, 0.1) is 0 Å². The molecule has 0 amide bonds. The number of hydrogen-bond acceptors (Lipinski definition) is 5. The van der Waals surface area contributed by atoms with Crippen LogP contribution in [0.1, 0.15) is 0 Å². The molecule has 0 aliphatic heterocycles. The van der Waals surface area contributed by atoms with Crippen molar-refractivity contribution in [2.45, 2.75) is 0 Å². The highest BCUT2D eigenvalue weighted by atomic mass is 15.1. The van der Waals surface area contributed by atoms with Gasteiger partial charge in [-0.2, -0.15) is 4.98 Å². The summed E-state index contributed by atoms with van der Waals surface area (Å²) in [6.45, 7) is 0. The van der Waals surface area contributed by atoms with Crippen LogP contribution in [0.4, 0.5) is 5.95 Å². The Kier molecular flexibility index (Phi) is 1.55. The van der Waals surface area contributed by atoms with Gasteiger partial charge in [-0.3, -0.25) is 0 Å². The van der Waals surface area contributed by atoms with Gasteiger partial charge in [-0.25, -0.2) is 15.0 Å². The van der Waals surface area contributed by atoms with Gasteiger partial charge < -0.3 is 5.32 Å². The minimum absolute atomic E-state index is 0.558. The first-order valence-corrected chi connectivity index (χ1v) is 3.51. The Morgan fingerprint density at radius 1 is 1.17 bits per heavy atom. The van der Waals surface area contributed by atoms with Crippen molar-refractivity contribution < 1.29 is 0 Å². The molecule has 5 heteroatoms. The van der Waals surface area contributed by atoms with Crippen LogP contribution in [-0.2, 0) is 0 Å². The number of rotatable bonds is 1. The van der Waals surface area contributed by atoms with Crippen LogP contribution in [-0.4, -0.2) is 27.0 Å². The van der Waals surface area contributed by atoms with E-state index in [4.69, 9.17) is 0 Å². The molecule has 0 aromatic carbocycles. The van der Waals surface area contributed by atoms with Crippen molar-refractivity contribution in [1.82, 2.24) is 19.9 Å². The lowest BCUT2D eigenvalue weighted by Crippen LogP contribution is -1.97. The minimum Gasteiger partial charge on any atom is -0.357 e. The van der Waals surface area contributed by atoms with Crippen molar-refractivity contribution in [2.24, 2.45) is 0 Å². The molecule has 5 nitrogen and oxygen atoms in total. The second-order valence-corrected chi connectivity index (χ2v) is 2.21. The number of hydrogen-bond donors (Lipinski definition) is 1.